The van der Waals surface area contributed by atoms with E-state index in [1.807, 2.05) is 6.07 Å². The van der Waals surface area contributed by atoms with Crippen LogP contribution in [0, 0.1) is 11.7 Å². The first kappa shape index (κ1) is 14.8. The maximum atomic E-state index is 13.8. The molecule has 0 atom stereocenters. The van der Waals surface area contributed by atoms with Gasteiger partial charge in [-0.1, -0.05) is 6.07 Å². The van der Waals surface area contributed by atoms with Crippen molar-refractivity contribution in [3.8, 4) is 0 Å². The second-order valence-electron chi connectivity index (χ2n) is 6.38. The summed E-state index contributed by atoms with van der Waals surface area (Å²) in [7, 11) is 0. The Morgan fingerprint density at radius 3 is 2.48 bits per heavy atom. The van der Waals surface area contributed by atoms with Gasteiger partial charge >= 0.3 is 0 Å². The maximum Gasteiger partial charge on any atom is 0.129 e. The van der Waals surface area contributed by atoms with Crippen molar-refractivity contribution in [2.24, 2.45) is 11.7 Å². The van der Waals surface area contributed by atoms with Gasteiger partial charge in [0.2, 0.25) is 0 Å². The molecule has 21 heavy (non-hydrogen) atoms. The summed E-state index contributed by atoms with van der Waals surface area (Å²) in [6.45, 7) is 6.13. The van der Waals surface area contributed by atoms with Gasteiger partial charge in [-0.2, -0.15) is 0 Å². The summed E-state index contributed by atoms with van der Waals surface area (Å²) < 4.78 is 13.8. The highest BCUT2D eigenvalue weighted by molar-refractivity contribution is 5.54. The van der Waals surface area contributed by atoms with E-state index in [4.69, 9.17) is 5.73 Å². The number of nitrogens with zero attached hydrogens (tertiary/aromatic N) is 2. The predicted molar refractivity (Wildman–Crippen MR) is 84.9 cm³/mol. The molecule has 3 nitrogen and oxygen atoms in total. The van der Waals surface area contributed by atoms with Gasteiger partial charge < -0.3 is 15.5 Å². The number of likely N-dealkylation sites (tertiary alicyclic amines) is 1. The van der Waals surface area contributed by atoms with Crippen LogP contribution in [0.3, 0.4) is 0 Å². The summed E-state index contributed by atoms with van der Waals surface area (Å²) in [5.74, 6) is 0.628. The Morgan fingerprint density at radius 2 is 1.81 bits per heavy atom. The van der Waals surface area contributed by atoms with Gasteiger partial charge in [0.15, 0.2) is 0 Å². The number of halogens is 1. The van der Waals surface area contributed by atoms with Gasteiger partial charge in [0.1, 0.15) is 5.82 Å². The first-order valence-electron chi connectivity index (χ1n) is 8.22. The normalized spacial score (nSPS) is 21.1. The topological polar surface area (TPSA) is 32.5 Å². The fraction of sp³-hybridized carbons (Fsp3) is 0.647. The van der Waals surface area contributed by atoms with Crippen LogP contribution >= 0.6 is 0 Å². The number of piperidine rings is 1. The molecule has 4 heteroatoms. The molecule has 116 valence electrons. The van der Waals surface area contributed by atoms with Crippen molar-refractivity contribution in [1.29, 1.82) is 0 Å². The summed E-state index contributed by atoms with van der Waals surface area (Å²) in [6, 6.07) is 5.30. The molecule has 2 heterocycles. The molecule has 0 unspecified atom stereocenters. The SMILES string of the molecule is NCc1c(F)cccc1N1CCC(CN2CCCC2)CC1. The van der Waals surface area contributed by atoms with E-state index >= 15 is 0 Å². The fourth-order valence-corrected chi connectivity index (χ4v) is 3.73. The van der Waals surface area contributed by atoms with Crippen molar-refractivity contribution in [2.75, 3.05) is 37.6 Å². The molecule has 0 amide bonds. The Morgan fingerprint density at radius 1 is 1.10 bits per heavy atom. The third kappa shape index (κ3) is 3.38. The standard InChI is InChI=1S/C17H26FN3/c18-16-4-3-5-17(15(16)12-19)21-10-6-14(7-11-21)13-20-8-1-2-9-20/h3-5,14H,1-2,6-13,19H2. The van der Waals surface area contributed by atoms with Gasteiger partial charge in [0.25, 0.3) is 0 Å². The highest BCUT2D eigenvalue weighted by atomic mass is 19.1. The van der Waals surface area contributed by atoms with Crippen LogP contribution < -0.4 is 10.6 Å². The molecule has 3 rings (SSSR count). The molecule has 0 radical (unpaired) electrons. The van der Waals surface area contributed by atoms with Crippen LogP contribution in [0.4, 0.5) is 10.1 Å². The number of benzene rings is 1. The van der Waals surface area contributed by atoms with Crippen LogP contribution in [0.1, 0.15) is 31.2 Å². The van der Waals surface area contributed by atoms with Crippen molar-refractivity contribution >= 4 is 5.69 Å². The summed E-state index contributed by atoms with van der Waals surface area (Å²) in [5, 5.41) is 0. The Balaban J connectivity index is 1.59. The molecule has 0 aromatic heterocycles. The summed E-state index contributed by atoms with van der Waals surface area (Å²) >= 11 is 0. The lowest BCUT2D eigenvalue weighted by Gasteiger charge is -2.36. The highest BCUT2D eigenvalue weighted by Gasteiger charge is 2.24. The van der Waals surface area contributed by atoms with E-state index in [2.05, 4.69) is 9.80 Å². The number of anilines is 1. The van der Waals surface area contributed by atoms with Gasteiger partial charge in [-0.25, -0.2) is 4.39 Å². The summed E-state index contributed by atoms with van der Waals surface area (Å²) in [6.07, 6.45) is 5.14. The average molecular weight is 291 g/mol. The Hall–Kier alpha value is -1.13. The van der Waals surface area contributed by atoms with Gasteiger partial charge in [-0.05, 0) is 56.8 Å². The fourth-order valence-electron chi connectivity index (χ4n) is 3.73. The third-order valence-electron chi connectivity index (χ3n) is 4.97. The monoisotopic (exact) mass is 291 g/mol. The predicted octanol–water partition coefficient (Wildman–Crippen LogP) is 2.60. The van der Waals surface area contributed by atoms with Crippen LogP contribution in [-0.4, -0.2) is 37.6 Å². The lowest BCUT2D eigenvalue weighted by Crippen LogP contribution is -2.38. The lowest BCUT2D eigenvalue weighted by atomic mass is 9.95. The molecule has 1 aromatic rings. The first-order chi connectivity index (χ1) is 10.3. The van der Waals surface area contributed by atoms with Crippen LogP contribution in [-0.2, 0) is 6.54 Å². The molecule has 0 aliphatic carbocycles. The quantitative estimate of drug-likeness (QED) is 0.925. The van der Waals surface area contributed by atoms with E-state index in [1.54, 1.807) is 6.07 Å². The second-order valence-corrected chi connectivity index (χ2v) is 6.38. The van der Waals surface area contributed by atoms with Gasteiger partial charge in [0, 0.05) is 37.4 Å². The first-order valence-corrected chi connectivity index (χ1v) is 8.22. The van der Waals surface area contributed by atoms with Crippen LogP contribution in [0.5, 0.6) is 0 Å². The smallest absolute Gasteiger partial charge is 0.129 e. The van der Waals surface area contributed by atoms with Crippen LogP contribution in [0.2, 0.25) is 0 Å². The molecule has 2 N–H and O–H groups in total. The zero-order valence-electron chi connectivity index (χ0n) is 12.7. The van der Waals surface area contributed by atoms with Gasteiger partial charge in [-0.3, -0.25) is 0 Å². The zero-order chi connectivity index (χ0) is 14.7. The molecular weight excluding hydrogens is 265 g/mol. The largest absolute Gasteiger partial charge is 0.371 e. The molecule has 2 fully saturated rings. The van der Waals surface area contributed by atoms with Crippen LogP contribution in [0.25, 0.3) is 0 Å². The van der Waals surface area contributed by atoms with Gasteiger partial charge in [0.05, 0.1) is 0 Å². The van der Waals surface area contributed by atoms with Crippen molar-refractivity contribution in [3.05, 3.63) is 29.6 Å². The lowest BCUT2D eigenvalue weighted by molar-refractivity contribution is 0.249. The number of nitrogens with two attached hydrogens (primary N) is 1. The van der Waals surface area contributed by atoms with E-state index in [-0.39, 0.29) is 12.4 Å². The zero-order valence-corrected chi connectivity index (χ0v) is 12.7. The second kappa shape index (κ2) is 6.75. The average Bonchev–Trinajstić information content (AvgIpc) is 3.01. The highest BCUT2D eigenvalue weighted by Crippen LogP contribution is 2.28. The maximum absolute atomic E-state index is 13.8. The third-order valence-corrected chi connectivity index (χ3v) is 4.97. The number of hydrogen-bond donors (Lipinski definition) is 1. The van der Waals surface area contributed by atoms with Crippen molar-refractivity contribution in [3.63, 3.8) is 0 Å². The number of rotatable bonds is 4. The molecule has 1 aromatic carbocycles. The molecule has 0 saturated carbocycles. The molecule has 0 bridgehead atoms. The number of hydrogen-bond acceptors (Lipinski definition) is 3. The van der Waals surface area contributed by atoms with E-state index in [1.165, 1.54) is 51.4 Å². The van der Waals surface area contributed by atoms with Crippen molar-refractivity contribution in [2.45, 2.75) is 32.2 Å². The summed E-state index contributed by atoms with van der Waals surface area (Å²) in [4.78, 5) is 4.92. The molecule has 2 aliphatic rings. The minimum Gasteiger partial charge on any atom is -0.371 e. The molecular formula is C17H26FN3. The van der Waals surface area contributed by atoms with E-state index in [0.29, 0.717) is 5.56 Å². The van der Waals surface area contributed by atoms with E-state index in [0.717, 1.165) is 24.7 Å². The molecule has 2 aliphatic heterocycles. The van der Waals surface area contributed by atoms with Gasteiger partial charge in [-0.15, -0.1) is 0 Å². The Labute approximate surface area is 126 Å². The minimum absolute atomic E-state index is 0.172. The molecule has 0 spiro atoms. The summed E-state index contributed by atoms with van der Waals surface area (Å²) in [5.41, 5.74) is 7.38. The minimum atomic E-state index is -0.172. The Kier molecular flexibility index (Phi) is 4.76. The van der Waals surface area contributed by atoms with E-state index in [9.17, 15) is 4.39 Å². The van der Waals surface area contributed by atoms with Crippen LogP contribution in [0.15, 0.2) is 18.2 Å². The van der Waals surface area contributed by atoms with Crippen molar-refractivity contribution < 1.29 is 4.39 Å². The van der Waals surface area contributed by atoms with Crippen molar-refractivity contribution in [1.82, 2.24) is 4.90 Å². The molecule has 2 saturated heterocycles. The Bertz CT molecular complexity index is 463. The van der Waals surface area contributed by atoms with E-state index < -0.39 is 0 Å².